The molecule has 0 amide bonds. The highest BCUT2D eigenvalue weighted by Crippen LogP contribution is 2.21. The maximum atomic E-state index is 9.53. The predicted molar refractivity (Wildman–Crippen MR) is 121 cm³/mol. The normalized spacial score (nSPS) is 11.3. The summed E-state index contributed by atoms with van der Waals surface area (Å²) in [5.74, 6) is 1.18. The lowest BCUT2D eigenvalue weighted by Gasteiger charge is -2.21. The molecule has 0 saturated heterocycles. The molecule has 3 N–H and O–H groups in total. The quantitative estimate of drug-likeness (QED) is 0.344. The average Bonchev–Trinajstić information content (AvgIpc) is 3.30. The number of nitriles is 1. The number of hydrogen-bond acceptors (Lipinski definition) is 6. The fourth-order valence-corrected chi connectivity index (χ4v) is 3.78. The van der Waals surface area contributed by atoms with E-state index < -0.39 is 0 Å². The molecule has 2 aromatic heterocycles. The number of para-hydroxylation sites is 1. The van der Waals surface area contributed by atoms with Crippen molar-refractivity contribution in [3.05, 3.63) is 57.7 Å². The zero-order valence-electron chi connectivity index (χ0n) is 17.5. The first-order valence-corrected chi connectivity index (χ1v) is 10.6. The van der Waals surface area contributed by atoms with Gasteiger partial charge in [0.2, 0.25) is 0 Å². The summed E-state index contributed by atoms with van der Waals surface area (Å²) in [4.78, 5) is 10.9. The molecule has 0 saturated carbocycles. The van der Waals surface area contributed by atoms with Gasteiger partial charge in [0.05, 0.1) is 28.6 Å². The van der Waals surface area contributed by atoms with Gasteiger partial charge in [-0.15, -0.1) is 11.3 Å². The number of nitrogens with zero attached hydrogens (tertiary/aromatic N) is 6. The van der Waals surface area contributed by atoms with E-state index in [-0.39, 0.29) is 0 Å². The molecule has 0 unspecified atom stereocenters. The molecular weight excluding hydrogens is 396 g/mol. The maximum absolute atomic E-state index is 9.53. The van der Waals surface area contributed by atoms with E-state index in [1.54, 1.807) is 23.1 Å². The molecule has 9 heteroatoms. The Bertz CT molecular complexity index is 1040. The average molecular weight is 423 g/mol. The number of nitrogens with one attached hydrogen (secondary N) is 1. The van der Waals surface area contributed by atoms with Gasteiger partial charge in [-0.05, 0) is 31.9 Å². The summed E-state index contributed by atoms with van der Waals surface area (Å²) in [7, 11) is 3.75. The lowest BCUT2D eigenvalue weighted by atomic mass is 10.1. The van der Waals surface area contributed by atoms with E-state index >= 15 is 0 Å². The molecule has 0 radical (unpaired) electrons. The second kappa shape index (κ2) is 9.89. The summed E-state index contributed by atoms with van der Waals surface area (Å²) in [5, 5.41) is 20.6. The molecular formula is C21H26N8S. The van der Waals surface area contributed by atoms with Gasteiger partial charge in [-0.2, -0.15) is 10.4 Å². The lowest BCUT2D eigenvalue weighted by molar-refractivity contribution is 0.470. The Hall–Kier alpha value is -3.38. The van der Waals surface area contributed by atoms with Crippen LogP contribution in [-0.2, 0) is 13.0 Å². The molecule has 30 heavy (non-hydrogen) atoms. The van der Waals surface area contributed by atoms with Crippen molar-refractivity contribution in [2.75, 3.05) is 26.4 Å². The van der Waals surface area contributed by atoms with Crippen LogP contribution in [0.15, 0.2) is 40.7 Å². The smallest absolute Gasteiger partial charge is 0.193 e. The molecule has 8 nitrogen and oxygen atoms in total. The van der Waals surface area contributed by atoms with E-state index in [2.05, 4.69) is 31.8 Å². The molecule has 3 aromatic rings. The van der Waals surface area contributed by atoms with Gasteiger partial charge in [-0.3, -0.25) is 4.99 Å². The zero-order valence-corrected chi connectivity index (χ0v) is 18.3. The fraction of sp³-hybridized carbons (Fsp3) is 0.333. The standard InChI is InChI=1S/C21H26N8S/c1-15-26-16(14-30-15)13-28(3)21(24-2)25-11-7-10-19-18(12-22)20(23)29(27-19)17-8-5-4-6-9-17/h4-6,8-9,14H,7,10-11,13,23H2,1-3H3,(H,24,25). The van der Waals surface area contributed by atoms with Crippen LogP contribution in [0.1, 0.15) is 28.4 Å². The van der Waals surface area contributed by atoms with Crippen LogP contribution in [0.3, 0.4) is 0 Å². The fourth-order valence-electron chi connectivity index (χ4n) is 3.18. The van der Waals surface area contributed by atoms with E-state index in [1.165, 1.54) is 0 Å². The van der Waals surface area contributed by atoms with E-state index in [0.717, 1.165) is 28.8 Å². The molecule has 0 fully saturated rings. The number of rotatable bonds is 7. The third-order valence-corrected chi connectivity index (χ3v) is 5.44. The van der Waals surface area contributed by atoms with Crippen LogP contribution < -0.4 is 11.1 Å². The molecule has 2 heterocycles. The van der Waals surface area contributed by atoms with Crippen molar-refractivity contribution in [2.24, 2.45) is 4.99 Å². The van der Waals surface area contributed by atoms with Crippen molar-refractivity contribution in [3.63, 3.8) is 0 Å². The Morgan fingerprint density at radius 3 is 2.77 bits per heavy atom. The Labute approximate surface area is 180 Å². The summed E-state index contributed by atoms with van der Waals surface area (Å²) in [6, 6.07) is 11.8. The number of nitrogens with two attached hydrogens (primary N) is 1. The first-order chi connectivity index (χ1) is 14.5. The Morgan fingerprint density at radius 1 is 1.37 bits per heavy atom. The van der Waals surface area contributed by atoms with Crippen LogP contribution in [0.5, 0.6) is 0 Å². The monoisotopic (exact) mass is 422 g/mol. The van der Waals surface area contributed by atoms with Gasteiger partial charge < -0.3 is 16.0 Å². The minimum Gasteiger partial charge on any atom is -0.382 e. The summed E-state index contributed by atoms with van der Waals surface area (Å²) in [5.41, 5.74) is 9.19. The van der Waals surface area contributed by atoms with Crippen molar-refractivity contribution in [3.8, 4) is 11.8 Å². The SMILES string of the molecule is CN=C(NCCCc1nn(-c2ccccc2)c(N)c1C#N)N(C)Cc1csc(C)n1. The molecule has 0 atom stereocenters. The largest absolute Gasteiger partial charge is 0.382 e. The minimum absolute atomic E-state index is 0.376. The first kappa shape index (κ1) is 21.3. The van der Waals surface area contributed by atoms with Gasteiger partial charge in [0.25, 0.3) is 0 Å². The Kier molecular flexibility index (Phi) is 7.03. The van der Waals surface area contributed by atoms with Crippen molar-refractivity contribution in [1.82, 2.24) is 25.0 Å². The van der Waals surface area contributed by atoms with Crippen LogP contribution in [0.2, 0.25) is 0 Å². The topological polar surface area (TPSA) is 108 Å². The van der Waals surface area contributed by atoms with Gasteiger partial charge in [0.15, 0.2) is 5.96 Å². The van der Waals surface area contributed by atoms with Crippen molar-refractivity contribution in [1.29, 1.82) is 5.26 Å². The second-order valence-electron chi connectivity index (χ2n) is 6.86. The number of anilines is 1. The molecule has 0 bridgehead atoms. The molecule has 1 aromatic carbocycles. The highest BCUT2D eigenvalue weighted by atomic mass is 32.1. The van der Waals surface area contributed by atoms with Crippen LogP contribution >= 0.6 is 11.3 Å². The van der Waals surface area contributed by atoms with E-state index in [9.17, 15) is 5.26 Å². The maximum Gasteiger partial charge on any atom is 0.193 e. The zero-order chi connectivity index (χ0) is 21.5. The number of nitrogen functional groups attached to an aromatic ring is 1. The number of benzene rings is 1. The van der Waals surface area contributed by atoms with Crippen molar-refractivity contribution in [2.45, 2.75) is 26.3 Å². The Balaban J connectivity index is 1.57. The van der Waals surface area contributed by atoms with Gasteiger partial charge in [-0.1, -0.05) is 18.2 Å². The summed E-state index contributed by atoms with van der Waals surface area (Å²) in [6.07, 6.45) is 1.44. The molecule has 0 aliphatic carbocycles. The lowest BCUT2D eigenvalue weighted by Crippen LogP contribution is -2.39. The van der Waals surface area contributed by atoms with Crippen LogP contribution in [-0.4, -0.2) is 46.3 Å². The molecule has 156 valence electrons. The number of aromatic nitrogens is 3. The summed E-state index contributed by atoms with van der Waals surface area (Å²) >= 11 is 1.65. The van der Waals surface area contributed by atoms with E-state index in [1.807, 2.05) is 49.2 Å². The third-order valence-electron chi connectivity index (χ3n) is 4.62. The molecule has 3 rings (SSSR count). The summed E-state index contributed by atoms with van der Waals surface area (Å²) in [6.45, 7) is 3.40. The second-order valence-corrected chi connectivity index (χ2v) is 7.92. The molecule has 0 spiro atoms. The highest BCUT2D eigenvalue weighted by molar-refractivity contribution is 7.09. The van der Waals surface area contributed by atoms with Crippen molar-refractivity contribution >= 4 is 23.1 Å². The number of guanidine groups is 1. The summed E-state index contributed by atoms with van der Waals surface area (Å²) < 4.78 is 1.63. The van der Waals surface area contributed by atoms with E-state index in [4.69, 9.17) is 5.73 Å². The number of aryl methyl sites for hydroxylation is 2. The van der Waals surface area contributed by atoms with Crippen LogP contribution in [0, 0.1) is 18.3 Å². The number of hydrogen-bond donors (Lipinski definition) is 2. The van der Waals surface area contributed by atoms with E-state index in [0.29, 0.717) is 36.6 Å². The molecule has 0 aliphatic heterocycles. The van der Waals surface area contributed by atoms with Gasteiger partial charge in [0, 0.05) is 26.0 Å². The van der Waals surface area contributed by atoms with Crippen LogP contribution in [0.25, 0.3) is 5.69 Å². The Morgan fingerprint density at radius 2 is 2.13 bits per heavy atom. The van der Waals surface area contributed by atoms with Crippen molar-refractivity contribution < 1.29 is 0 Å². The van der Waals surface area contributed by atoms with Crippen LogP contribution in [0.4, 0.5) is 5.82 Å². The third kappa shape index (κ3) is 4.96. The van der Waals surface area contributed by atoms with Gasteiger partial charge in [-0.25, -0.2) is 9.67 Å². The highest BCUT2D eigenvalue weighted by Gasteiger charge is 2.16. The molecule has 0 aliphatic rings. The number of aliphatic imine (C=N–C) groups is 1. The predicted octanol–water partition coefficient (Wildman–Crippen LogP) is 2.73. The minimum atomic E-state index is 0.376. The number of thiazole rings is 1. The van der Waals surface area contributed by atoms with Gasteiger partial charge in [0.1, 0.15) is 17.5 Å². The van der Waals surface area contributed by atoms with Gasteiger partial charge >= 0.3 is 0 Å². The first-order valence-electron chi connectivity index (χ1n) is 9.69.